The van der Waals surface area contributed by atoms with E-state index in [4.69, 9.17) is 5.73 Å². The second-order valence-electron chi connectivity index (χ2n) is 4.05. The zero-order chi connectivity index (χ0) is 12.0. The van der Waals surface area contributed by atoms with Gasteiger partial charge in [0.2, 0.25) is 0 Å². The minimum absolute atomic E-state index is 0.328. The van der Waals surface area contributed by atoms with Crippen molar-refractivity contribution in [1.82, 2.24) is 4.90 Å². The van der Waals surface area contributed by atoms with Gasteiger partial charge in [-0.1, -0.05) is 28.1 Å². The monoisotopic (exact) mass is 286 g/mol. The third-order valence-electron chi connectivity index (χ3n) is 2.39. The zero-order valence-electron chi connectivity index (χ0n) is 9.56. The molecule has 1 unspecified atom stereocenters. The molecule has 0 fully saturated rings. The summed E-state index contributed by atoms with van der Waals surface area (Å²) in [5.41, 5.74) is 6.63. The van der Waals surface area contributed by atoms with Gasteiger partial charge in [-0.2, -0.15) is 0 Å². The van der Waals surface area contributed by atoms with Gasteiger partial charge in [-0.05, 0) is 37.7 Å². The van der Waals surface area contributed by atoms with Crippen LogP contribution in [0.25, 0.3) is 0 Å². The standard InChI is InChI=1S/C12H19BrN2O/c1-15(9-12(16)6-7-14)8-10-2-4-11(13)5-3-10/h2-5,12,16H,6-9,14H2,1H3. The number of aliphatic hydroxyl groups excluding tert-OH is 1. The highest BCUT2D eigenvalue weighted by Crippen LogP contribution is 2.11. The van der Waals surface area contributed by atoms with E-state index in [0.717, 1.165) is 11.0 Å². The van der Waals surface area contributed by atoms with E-state index in [1.807, 2.05) is 19.2 Å². The van der Waals surface area contributed by atoms with Gasteiger partial charge >= 0.3 is 0 Å². The Morgan fingerprint density at radius 3 is 2.56 bits per heavy atom. The van der Waals surface area contributed by atoms with Gasteiger partial charge in [-0.15, -0.1) is 0 Å². The molecule has 1 atom stereocenters. The van der Waals surface area contributed by atoms with E-state index in [0.29, 0.717) is 19.5 Å². The van der Waals surface area contributed by atoms with Crippen molar-refractivity contribution in [2.75, 3.05) is 20.1 Å². The van der Waals surface area contributed by atoms with Crippen molar-refractivity contribution in [2.45, 2.75) is 19.1 Å². The van der Waals surface area contributed by atoms with Crippen molar-refractivity contribution in [2.24, 2.45) is 5.73 Å². The topological polar surface area (TPSA) is 49.5 Å². The molecule has 0 saturated heterocycles. The lowest BCUT2D eigenvalue weighted by Gasteiger charge is -2.20. The molecule has 3 nitrogen and oxygen atoms in total. The van der Waals surface area contributed by atoms with E-state index in [-0.39, 0.29) is 6.10 Å². The van der Waals surface area contributed by atoms with Gasteiger partial charge in [0.25, 0.3) is 0 Å². The normalized spacial score (nSPS) is 13.1. The molecule has 1 aromatic rings. The number of nitrogens with zero attached hydrogens (tertiary/aromatic N) is 1. The third kappa shape index (κ3) is 5.07. The van der Waals surface area contributed by atoms with Crippen molar-refractivity contribution >= 4 is 15.9 Å². The number of likely N-dealkylation sites (N-methyl/N-ethyl adjacent to an activating group) is 1. The quantitative estimate of drug-likeness (QED) is 0.835. The molecule has 0 saturated carbocycles. The Balaban J connectivity index is 2.39. The average molecular weight is 287 g/mol. The van der Waals surface area contributed by atoms with Gasteiger partial charge in [-0.25, -0.2) is 0 Å². The molecule has 1 rings (SSSR count). The summed E-state index contributed by atoms with van der Waals surface area (Å²) in [6, 6.07) is 8.21. The van der Waals surface area contributed by atoms with Crippen LogP contribution in [0.2, 0.25) is 0 Å². The molecule has 16 heavy (non-hydrogen) atoms. The first-order chi connectivity index (χ1) is 7.61. The maximum absolute atomic E-state index is 9.61. The Labute approximate surface area is 105 Å². The molecule has 4 heteroatoms. The highest BCUT2D eigenvalue weighted by atomic mass is 79.9. The predicted octanol–water partition coefficient (Wildman–Crippen LogP) is 1.59. The van der Waals surface area contributed by atoms with Crippen LogP contribution < -0.4 is 5.73 Å². The molecule has 0 bridgehead atoms. The summed E-state index contributed by atoms with van der Waals surface area (Å²) >= 11 is 3.41. The van der Waals surface area contributed by atoms with Gasteiger partial charge in [0.15, 0.2) is 0 Å². The lowest BCUT2D eigenvalue weighted by molar-refractivity contribution is 0.117. The van der Waals surface area contributed by atoms with E-state index in [1.165, 1.54) is 5.56 Å². The summed E-state index contributed by atoms with van der Waals surface area (Å²) in [6.45, 7) is 2.04. The van der Waals surface area contributed by atoms with E-state index < -0.39 is 0 Å². The fourth-order valence-electron chi connectivity index (χ4n) is 1.61. The zero-order valence-corrected chi connectivity index (χ0v) is 11.2. The van der Waals surface area contributed by atoms with E-state index in [9.17, 15) is 5.11 Å². The van der Waals surface area contributed by atoms with Crippen LogP contribution in [0.3, 0.4) is 0 Å². The smallest absolute Gasteiger partial charge is 0.0679 e. The van der Waals surface area contributed by atoms with Crippen LogP contribution >= 0.6 is 15.9 Å². The molecule has 1 aromatic carbocycles. The second kappa shape index (κ2) is 7.01. The maximum Gasteiger partial charge on any atom is 0.0679 e. The van der Waals surface area contributed by atoms with Crippen LogP contribution in [0.15, 0.2) is 28.7 Å². The lowest BCUT2D eigenvalue weighted by Crippen LogP contribution is -2.30. The second-order valence-corrected chi connectivity index (χ2v) is 4.97. The van der Waals surface area contributed by atoms with Crippen LogP contribution in [-0.4, -0.2) is 36.2 Å². The molecular formula is C12H19BrN2O. The summed E-state index contributed by atoms with van der Waals surface area (Å²) in [5.74, 6) is 0. The maximum atomic E-state index is 9.61. The first-order valence-corrected chi connectivity index (χ1v) is 6.22. The van der Waals surface area contributed by atoms with Crippen LogP contribution in [0.1, 0.15) is 12.0 Å². The van der Waals surface area contributed by atoms with Gasteiger partial charge in [0, 0.05) is 17.6 Å². The minimum Gasteiger partial charge on any atom is -0.392 e. The molecular weight excluding hydrogens is 268 g/mol. The highest BCUT2D eigenvalue weighted by Gasteiger charge is 2.07. The SMILES string of the molecule is CN(Cc1ccc(Br)cc1)CC(O)CCN. The molecule has 0 aliphatic heterocycles. The number of aliphatic hydroxyl groups is 1. The van der Waals surface area contributed by atoms with Crippen LogP contribution in [0, 0.1) is 0 Å². The van der Waals surface area contributed by atoms with Crippen molar-refractivity contribution in [1.29, 1.82) is 0 Å². The van der Waals surface area contributed by atoms with Crippen LogP contribution in [0.5, 0.6) is 0 Å². The number of nitrogens with two attached hydrogens (primary N) is 1. The summed E-state index contributed by atoms with van der Waals surface area (Å²) in [5, 5.41) is 9.61. The molecule has 0 aliphatic rings. The van der Waals surface area contributed by atoms with Crippen LogP contribution in [-0.2, 0) is 6.54 Å². The van der Waals surface area contributed by atoms with Gasteiger partial charge in [0.05, 0.1) is 6.10 Å². The van der Waals surface area contributed by atoms with E-state index in [1.54, 1.807) is 0 Å². The minimum atomic E-state index is -0.328. The van der Waals surface area contributed by atoms with E-state index in [2.05, 4.69) is 33.0 Å². The molecule has 0 aromatic heterocycles. The van der Waals surface area contributed by atoms with Crippen molar-refractivity contribution in [3.8, 4) is 0 Å². The summed E-state index contributed by atoms with van der Waals surface area (Å²) in [4.78, 5) is 2.10. The number of hydrogen-bond donors (Lipinski definition) is 2. The average Bonchev–Trinajstić information content (AvgIpc) is 2.21. The fraction of sp³-hybridized carbons (Fsp3) is 0.500. The Hall–Kier alpha value is -0.420. The number of hydrogen-bond acceptors (Lipinski definition) is 3. The first kappa shape index (κ1) is 13.6. The van der Waals surface area contributed by atoms with Gasteiger partial charge in [0.1, 0.15) is 0 Å². The third-order valence-corrected chi connectivity index (χ3v) is 2.92. The van der Waals surface area contributed by atoms with Gasteiger partial charge < -0.3 is 10.8 Å². The molecule has 3 N–H and O–H groups in total. The summed E-state index contributed by atoms with van der Waals surface area (Å²) < 4.78 is 1.09. The largest absolute Gasteiger partial charge is 0.392 e. The Bertz CT molecular complexity index is 302. The Morgan fingerprint density at radius 2 is 2.00 bits per heavy atom. The lowest BCUT2D eigenvalue weighted by atomic mass is 10.2. The fourth-order valence-corrected chi connectivity index (χ4v) is 1.87. The summed E-state index contributed by atoms with van der Waals surface area (Å²) in [6.07, 6.45) is 0.329. The number of rotatable bonds is 6. The van der Waals surface area contributed by atoms with E-state index >= 15 is 0 Å². The molecule has 0 radical (unpaired) electrons. The van der Waals surface area contributed by atoms with Gasteiger partial charge in [-0.3, -0.25) is 4.90 Å². The molecule has 90 valence electrons. The van der Waals surface area contributed by atoms with Crippen LogP contribution in [0.4, 0.5) is 0 Å². The highest BCUT2D eigenvalue weighted by molar-refractivity contribution is 9.10. The van der Waals surface area contributed by atoms with Crippen molar-refractivity contribution in [3.63, 3.8) is 0 Å². The molecule has 0 spiro atoms. The summed E-state index contributed by atoms with van der Waals surface area (Å²) in [7, 11) is 2.00. The first-order valence-electron chi connectivity index (χ1n) is 5.43. The number of benzene rings is 1. The van der Waals surface area contributed by atoms with Crippen molar-refractivity contribution < 1.29 is 5.11 Å². The molecule has 0 heterocycles. The Morgan fingerprint density at radius 1 is 1.38 bits per heavy atom. The molecule has 0 amide bonds. The molecule has 0 aliphatic carbocycles. The Kier molecular flexibility index (Phi) is 5.98. The van der Waals surface area contributed by atoms with Crippen molar-refractivity contribution in [3.05, 3.63) is 34.3 Å². The predicted molar refractivity (Wildman–Crippen MR) is 70.2 cm³/mol. The number of halogens is 1.